The van der Waals surface area contributed by atoms with Gasteiger partial charge in [0.1, 0.15) is 5.75 Å². The van der Waals surface area contributed by atoms with Gasteiger partial charge in [0, 0.05) is 29.2 Å². The van der Waals surface area contributed by atoms with Crippen molar-refractivity contribution in [3.05, 3.63) is 57.0 Å². The van der Waals surface area contributed by atoms with Crippen molar-refractivity contribution in [2.45, 2.75) is 19.3 Å². The number of nitrogens with zero attached hydrogens (tertiary/aromatic N) is 1. The molecule has 1 heterocycles. The maximum Gasteiger partial charge on any atom is 0.248 e. The first-order valence-corrected chi connectivity index (χ1v) is 10.5. The van der Waals surface area contributed by atoms with Crippen LogP contribution >= 0.6 is 31.9 Å². The Kier molecular flexibility index (Phi) is 6.96. The van der Waals surface area contributed by atoms with Gasteiger partial charge >= 0.3 is 0 Å². The number of hydrogen-bond acceptors (Lipinski definition) is 3. The fourth-order valence-electron chi connectivity index (χ4n) is 3.25. The topological polar surface area (TPSA) is 41.6 Å². The second-order valence-corrected chi connectivity index (χ2v) is 8.17. The Labute approximate surface area is 176 Å². The van der Waals surface area contributed by atoms with Gasteiger partial charge in [0.15, 0.2) is 0 Å². The first kappa shape index (κ1) is 20.0. The van der Waals surface area contributed by atoms with Crippen molar-refractivity contribution < 1.29 is 9.53 Å². The van der Waals surface area contributed by atoms with E-state index >= 15 is 0 Å². The first-order valence-electron chi connectivity index (χ1n) is 8.94. The van der Waals surface area contributed by atoms with Crippen molar-refractivity contribution in [2.24, 2.45) is 0 Å². The molecule has 2 aromatic carbocycles. The van der Waals surface area contributed by atoms with Crippen molar-refractivity contribution in [3.8, 4) is 5.75 Å². The zero-order valence-corrected chi connectivity index (χ0v) is 18.3. The van der Waals surface area contributed by atoms with Crippen LogP contribution in [0.2, 0.25) is 0 Å². The Hall–Kier alpha value is -1.79. The third kappa shape index (κ3) is 5.14. The van der Waals surface area contributed by atoms with Crippen molar-refractivity contribution in [3.63, 3.8) is 0 Å². The lowest BCUT2D eigenvalue weighted by Crippen LogP contribution is -2.30. The molecule has 1 amide bonds. The van der Waals surface area contributed by atoms with Crippen LogP contribution in [0.4, 0.5) is 11.4 Å². The van der Waals surface area contributed by atoms with E-state index in [9.17, 15) is 4.79 Å². The van der Waals surface area contributed by atoms with Crippen molar-refractivity contribution in [1.82, 2.24) is 0 Å². The lowest BCUT2D eigenvalue weighted by molar-refractivity contribution is -0.111. The van der Waals surface area contributed by atoms with Gasteiger partial charge in [-0.3, -0.25) is 4.79 Å². The molecule has 27 heavy (non-hydrogen) atoms. The summed E-state index contributed by atoms with van der Waals surface area (Å²) in [7, 11) is 1.61. The fourth-order valence-corrected chi connectivity index (χ4v) is 4.67. The van der Waals surface area contributed by atoms with Gasteiger partial charge in [0.2, 0.25) is 5.91 Å². The molecule has 6 heteroatoms. The molecule has 0 aliphatic carbocycles. The number of amides is 1. The molecule has 0 unspecified atom stereocenters. The fraction of sp³-hybridized carbons (Fsp3) is 0.286. The molecule has 1 N–H and O–H groups in total. The highest BCUT2D eigenvalue weighted by Gasteiger charge is 2.15. The summed E-state index contributed by atoms with van der Waals surface area (Å²) in [6.07, 6.45) is 6.95. The van der Waals surface area contributed by atoms with Crippen LogP contribution < -0.4 is 15.0 Å². The monoisotopic (exact) mass is 492 g/mol. The highest BCUT2D eigenvalue weighted by Crippen LogP contribution is 2.33. The molecular weight excluding hydrogens is 472 g/mol. The van der Waals surface area contributed by atoms with Gasteiger partial charge in [-0.05, 0) is 65.5 Å². The smallest absolute Gasteiger partial charge is 0.248 e. The van der Waals surface area contributed by atoms with Gasteiger partial charge in [-0.25, -0.2) is 0 Å². The number of para-hydroxylation sites is 2. The maximum absolute atomic E-state index is 12.5. The minimum absolute atomic E-state index is 0.169. The molecule has 2 aromatic rings. The molecule has 0 atom stereocenters. The normalized spacial score (nSPS) is 14.4. The molecule has 142 valence electrons. The Morgan fingerprint density at radius 1 is 1.15 bits per heavy atom. The summed E-state index contributed by atoms with van der Waals surface area (Å²) in [4.78, 5) is 14.9. The van der Waals surface area contributed by atoms with E-state index in [4.69, 9.17) is 4.74 Å². The Balaban J connectivity index is 1.76. The van der Waals surface area contributed by atoms with Crippen LogP contribution in [0, 0.1) is 0 Å². The lowest BCUT2D eigenvalue weighted by atomic mass is 10.1. The standard InChI is InChI=1S/C21H22Br2N2O2/c1-27-21-15(13-16(22)14-17(21)23)9-10-20(26)24-18-7-3-4-8-19(18)25-11-5-2-6-12-25/h3-4,7-10,13-14H,2,5-6,11-12H2,1H3,(H,24,26)/b10-9+. The molecule has 4 nitrogen and oxygen atoms in total. The van der Waals surface area contributed by atoms with Crippen molar-refractivity contribution >= 4 is 55.2 Å². The van der Waals surface area contributed by atoms with Gasteiger partial charge in [0.05, 0.1) is 23.0 Å². The van der Waals surface area contributed by atoms with Gasteiger partial charge in [-0.1, -0.05) is 28.1 Å². The number of nitrogens with one attached hydrogen (secondary N) is 1. The predicted molar refractivity (Wildman–Crippen MR) is 119 cm³/mol. The molecule has 0 bridgehead atoms. The van der Waals surface area contributed by atoms with E-state index < -0.39 is 0 Å². The molecule has 1 saturated heterocycles. The van der Waals surface area contributed by atoms with E-state index in [0.717, 1.165) is 39.0 Å². The van der Waals surface area contributed by atoms with Gasteiger partial charge in [0.25, 0.3) is 0 Å². The number of halogens is 2. The summed E-state index contributed by atoms with van der Waals surface area (Å²) in [6.45, 7) is 2.07. The summed E-state index contributed by atoms with van der Waals surface area (Å²) in [6, 6.07) is 11.8. The van der Waals surface area contributed by atoms with E-state index in [1.165, 1.54) is 25.3 Å². The average Bonchev–Trinajstić information content (AvgIpc) is 2.67. The summed E-state index contributed by atoms with van der Waals surface area (Å²) >= 11 is 6.94. The first-order chi connectivity index (χ1) is 13.1. The summed E-state index contributed by atoms with van der Waals surface area (Å²) in [5.74, 6) is 0.522. The molecule has 1 fully saturated rings. The minimum atomic E-state index is -0.169. The van der Waals surface area contributed by atoms with E-state index in [0.29, 0.717) is 5.75 Å². The Morgan fingerprint density at radius 3 is 2.63 bits per heavy atom. The summed E-state index contributed by atoms with van der Waals surface area (Å²) in [5.41, 5.74) is 2.75. The molecule has 0 radical (unpaired) electrons. The molecule has 0 aromatic heterocycles. The third-order valence-electron chi connectivity index (χ3n) is 4.51. The number of methoxy groups -OCH3 is 1. The van der Waals surface area contributed by atoms with Crippen LogP contribution in [-0.4, -0.2) is 26.1 Å². The average molecular weight is 494 g/mol. The molecule has 1 aliphatic rings. The van der Waals surface area contributed by atoms with Crippen LogP contribution in [-0.2, 0) is 4.79 Å². The van der Waals surface area contributed by atoms with Gasteiger partial charge in [-0.2, -0.15) is 0 Å². The number of benzene rings is 2. The third-order valence-corrected chi connectivity index (χ3v) is 5.56. The number of anilines is 2. The Bertz CT molecular complexity index is 846. The van der Waals surface area contributed by atoms with Crippen molar-refractivity contribution in [2.75, 3.05) is 30.4 Å². The number of carbonyl (C=O) groups excluding carboxylic acids is 1. The molecule has 1 aliphatic heterocycles. The SMILES string of the molecule is COc1c(Br)cc(Br)cc1/C=C/C(=O)Nc1ccccc1N1CCCCC1. The zero-order valence-electron chi connectivity index (χ0n) is 15.2. The van der Waals surface area contributed by atoms with Crippen LogP contribution in [0.3, 0.4) is 0 Å². The molecule has 3 rings (SSSR count). The number of carbonyl (C=O) groups is 1. The van der Waals surface area contributed by atoms with E-state index in [1.807, 2.05) is 30.3 Å². The van der Waals surface area contributed by atoms with E-state index in [2.05, 4.69) is 48.1 Å². The number of hydrogen-bond donors (Lipinski definition) is 1. The highest BCUT2D eigenvalue weighted by atomic mass is 79.9. The quantitative estimate of drug-likeness (QED) is 0.530. The summed E-state index contributed by atoms with van der Waals surface area (Å²) in [5, 5.41) is 3.01. The largest absolute Gasteiger partial charge is 0.495 e. The van der Waals surface area contributed by atoms with Gasteiger partial charge in [-0.15, -0.1) is 0 Å². The van der Waals surface area contributed by atoms with Crippen LogP contribution in [0.1, 0.15) is 24.8 Å². The Morgan fingerprint density at radius 2 is 1.89 bits per heavy atom. The van der Waals surface area contributed by atoms with Crippen LogP contribution in [0.15, 0.2) is 51.4 Å². The number of ether oxygens (including phenoxy) is 1. The second-order valence-electron chi connectivity index (χ2n) is 6.40. The van der Waals surface area contributed by atoms with Crippen LogP contribution in [0.25, 0.3) is 6.08 Å². The van der Waals surface area contributed by atoms with E-state index in [-0.39, 0.29) is 5.91 Å². The maximum atomic E-state index is 12.5. The lowest BCUT2D eigenvalue weighted by Gasteiger charge is -2.30. The number of rotatable bonds is 5. The molecule has 0 spiro atoms. The van der Waals surface area contributed by atoms with Crippen LogP contribution in [0.5, 0.6) is 5.75 Å². The molecular formula is C21H22Br2N2O2. The predicted octanol–water partition coefficient (Wildman–Crippen LogP) is 5.86. The number of piperidine rings is 1. The molecule has 0 saturated carbocycles. The second kappa shape index (κ2) is 9.42. The van der Waals surface area contributed by atoms with Gasteiger partial charge < -0.3 is 15.0 Å². The minimum Gasteiger partial charge on any atom is -0.495 e. The zero-order chi connectivity index (χ0) is 19.2. The summed E-state index contributed by atoms with van der Waals surface area (Å²) < 4.78 is 7.16. The highest BCUT2D eigenvalue weighted by molar-refractivity contribution is 9.11. The van der Waals surface area contributed by atoms with E-state index in [1.54, 1.807) is 13.2 Å². The van der Waals surface area contributed by atoms with Crippen molar-refractivity contribution in [1.29, 1.82) is 0 Å².